The molecule has 2 aromatic rings. The fourth-order valence-corrected chi connectivity index (χ4v) is 1.86. The zero-order chi connectivity index (χ0) is 13.7. The number of nitrogens with one attached hydrogen (secondary N) is 1. The van der Waals surface area contributed by atoms with Crippen LogP contribution in [0.15, 0.2) is 30.7 Å². The highest BCUT2D eigenvalue weighted by Crippen LogP contribution is 2.13. The molecule has 98 valence electrons. The normalized spacial score (nSPS) is 10.4. The van der Waals surface area contributed by atoms with Crippen LogP contribution >= 0.6 is 0 Å². The predicted molar refractivity (Wildman–Crippen MR) is 70.1 cm³/mol. The second-order valence-electron chi connectivity index (χ2n) is 4.28. The molecule has 0 aliphatic rings. The molecule has 1 aromatic carbocycles. The van der Waals surface area contributed by atoms with Gasteiger partial charge in [-0.3, -0.25) is 0 Å². The van der Waals surface area contributed by atoms with E-state index in [0.29, 0.717) is 12.1 Å². The zero-order valence-electron chi connectivity index (χ0n) is 10.7. The Morgan fingerprint density at radius 3 is 3.05 bits per heavy atom. The lowest BCUT2D eigenvalue weighted by Crippen LogP contribution is -2.10. The van der Waals surface area contributed by atoms with Crippen molar-refractivity contribution >= 4 is 0 Å². The summed E-state index contributed by atoms with van der Waals surface area (Å²) in [6, 6.07) is 6.70. The number of hydrogen-bond acceptors (Lipinski definition) is 3. The molecule has 2 rings (SSSR count). The minimum absolute atomic E-state index is 0.0769. The number of benzene rings is 1. The second kappa shape index (κ2) is 6.12. The summed E-state index contributed by atoms with van der Waals surface area (Å²) >= 11 is 0. The molecule has 0 atom stereocenters. The average Bonchev–Trinajstić information content (AvgIpc) is 2.86. The molecular weight excluding hydrogens is 243 g/mol. The Balaban J connectivity index is 2.13. The van der Waals surface area contributed by atoms with Crippen LogP contribution in [0.3, 0.4) is 0 Å². The van der Waals surface area contributed by atoms with Gasteiger partial charge in [0.2, 0.25) is 0 Å². The van der Waals surface area contributed by atoms with Gasteiger partial charge in [-0.25, -0.2) is 9.37 Å². The van der Waals surface area contributed by atoms with Crippen LogP contribution in [0.2, 0.25) is 0 Å². The van der Waals surface area contributed by atoms with E-state index in [2.05, 4.69) is 10.3 Å². The van der Waals surface area contributed by atoms with Crippen molar-refractivity contribution in [2.75, 3.05) is 13.6 Å². The molecule has 0 saturated heterocycles. The van der Waals surface area contributed by atoms with E-state index in [-0.39, 0.29) is 5.56 Å². The van der Waals surface area contributed by atoms with Gasteiger partial charge in [0.15, 0.2) is 0 Å². The molecule has 0 saturated carbocycles. The number of halogens is 1. The van der Waals surface area contributed by atoms with Crippen molar-refractivity contribution < 1.29 is 4.39 Å². The van der Waals surface area contributed by atoms with E-state index < -0.39 is 5.82 Å². The lowest BCUT2D eigenvalue weighted by atomic mass is 10.1. The highest BCUT2D eigenvalue weighted by Gasteiger charge is 2.08. The molecule has 0 spiro atoms. The fraction of sp³-hybridized carbons (Fsp3) is 0.286. The van der Waals surface area contributed by atoms with Gasteiger partial charge in [0.25, 0.3) is 0 Å². The highest BCUT2D eigenvalue weighted by atomic mass is 19.1. The summed E-state index contributed by atoms with van der Waals surface area (Å²) < 4.78 is 15.7. The van der Waals surface area contributed by atoms with E-state index >= 15 is 0 Å². The Hall–Kier alpha value is -2.19. The Kier molecular flexibility index (Phi) is 4.26. The number of likely N-dealkylation sites (N-methyl/N-ethyl adjacent to an activating group) is 1. The van der Waals surface area contributed by atoms with E-state index in [0.717, 1.165) is 18.7 Å². The second-order valence-corrected chi connectivity index (χ2v) is 4.28. The van der Waals surface area contributed by atoms with Crippen LogP contribution in [0.1, 0.15) is 16.8 Å². The Morgan fingerprint density at radius 1 is 1.47 bits per heavy atom. The minimum atomic E-state index is -0.449. The van der Waals surface area contributed by atoms with Crippen molar-refractivity contribution in [3.8, 4) is 6.07 Å². The lowest BCUT2D eigenvalue weighted by Gasteiger charge is -2.05. The number of rotatable bonds is 5. The Bertz CT molecular complexity index is 598. The van der Waals surface area contributed by atoms with Crippen LogP contribution < -0.4 is 5.32 Å². The van der Waals surface area contributed by atoms with Gasteiger partial charge in [-0.15, -0.1) is 0 Å². The third-order valence-electron chi connectivity index (χ3n) is 2.87. The summed E-state index contributed by atoms with van der Waals surface area (Å²) in [7, 11) is 1.89. The summed E-state index contributed by atoms with van der Waals surface area (Å²) in [5.74, 6) is -0.449. The van der Waals surface area contributed by atoms with Gasteiger partial charge in [0.1, 0.15) is 11.9 Å². The first-order valence-electron chi connectivity index (χ1n) is 6.07. The van der Waals surface area contributed by atoms with Gasteiger partial charge in [-0.1, -0.05) is 12.1 Å². The molecule has 1 heterocycles. The number of hydrogen-bond donors (Lipinski definition) is 1. The van der Waals surface area contributed by atoms with Crippen molar-refractivity contribution in [1.29, 1.82) is 5.26 Å². The first-order valence-corrected chi connectivity index (χ1v) is 6.07. The molecule has 0 fully saturated rings. The number of nitriles is 1. The fourth-order valence-electron chi connectivity index (χ4n) is 1.86. The predicted octanol–water partition coefficient (Wildman–Crippen LogP) is 1.70. The summed E-state index contributed by atoms with van der Waals surface area (Å²) in [5.41, 5.74) is 1.54. The molecule has 1 aromatic heterocycles. The first-order chi connectivity index (χ1) is 9.24. The molecule has 0 bridgehead atoms. The third-order valence-corrected chi connectivity index (χ3v) is 2.87. The topological polar surface area (TPSA) is 53.6 Å². The molecule has 0 amide bonds. The molecule has 0 aliphatic heterocycles. The SMILES string of the molecule is CNCCc1cn(Cc2cccc(C#N)c2F)cn1. The molecule has 0 aliphatic carbocycles. The molecule has 5 heteroatoms. The van der Waals surface area contributed by atoms with E-state index in [1.54, 1.807) is 18.5 Å². The molecule has 0 unspecified atom stereocenters. The quantitative estimate of drug-likeness (QED) is 0.888. The van der Waals surface area contributed by atoms with Gasteiger partial charge >= 0.3 is 0 Å². The largest absolute Gasteiger partial charge is 0.333 e. The molecular formula is C14H15FN4. The van der Waals surface area contributed by atoms with Gasteiger partial charge < -0.3 is 9.88 Å². The van der Waals surface area contributed by atoms with Crippen molar-refractivity contribution in [1.82, 2.24) is 14.9 Å². The summed E-state index contributed by atoms with van der Waals surface area (Å²) in [6.45, 7) is 1.24. The molecule has 1 N–H and O–H groups in total. The van der Waals surface area contributed by atoms with Gasteiger partial charge in [0.05, 0.1) is 24.1 Å². The van der Waals surface area contributed by atoms with Crippen molar-refractivity contribution in [3.05, 3.63) is 53.4 Å². The number of imidazole rings is 1. The maximum Gasteiger partial charge on any atom is 0.145 e. The van der Waals surface area contributed by atoms with Crippen LogP contribution in [0.5, 0.6) is 0 Å². The maximum atomic E-state index is 13.9. The van der Waals surface area contributed by atoms with Crippen molar-refractivity contribution in [2.24, 2.45) is 0 Å². The number of nitrogens with zero attached hydrogens (tertiary/aromatic N) is 3. The maximum absolute atomic E-state index is 13.9. The van der Waals surface area contributed by atoms with Gasteiger partial charge in [0, 0.05) is 24.7 Å². The molecule has 4 nitrogen and oxygen atoms in total. The zero-order valence-corrected chi connectivity index (χ0v) is 10.7. The van der Waals surface area contributed by atoms with Crippen molar-refractivity contribution in [3.63, 3.8) is 0 Å². The highest BCUT2D eigenvalue weighted by molar-refractivity contribution is 5.35. The smallest absolute Gasteiger partial charge is 0.145 e. The first kappa shape index (κ1) is 13.2. The Labute approximate surface area is 111 Å². The monoisotopic (exact) mass is 258 g/mol. The Morgan fingerprint density at radius 2 is 2.32 bits per heavy atom. The van der Waals surface area contributed by atoms with E-state index in [1.807, 2.05) is 23.9 Å². The molecule has 19 heavy (non-hydrogen) atoms. The summed E-state index contributed by atoms with van der Waals surface area (Å²) in [5, 5.41) is 11.8. The van der Waals surface area contributed by atoms with Crippen LogP contribution in [0.25, 0.3) is 0 Å². The average molecular weight is 258 g/mol. The van der Waals surface area contributed by atoms with Crippen molar-refractivity contribution in [2.45, 2.75) is 13.0 Å². The number of aromatic nitrogens is 2. The third kappa shape index (κ3) is 3.18. The minimum Gasteiger partial charge on any atom is -0.333 e. The van der Waals surface area contributed by atoms with Gasteiger partial charge in [-0.2, -0.15) is 5.26 Å². The van der Waals surface area contributed by atoms with Crippen LogP contribution in [0, 0.1) is 17.1 Å². The van der Waals surface area contributed by atoms with Crippen LogP contribution in [-0.4, -0.2) is 23.1 Å². The van der Waals surface area contributed by atoms with E-state index in [9.17, 15) is 4.39 Å². The van der Waals surface area contributed by atoms with E-state index in [4.69, 9.17) is 5.26 Å². The van der Waals surface area contributed by atoms with Crippen LogP contribution in [-0.2, 0) is 13.0 Å². The summed E-state index contributed by atoms with van der Waals surface area (Å²) in [6.07, 6.45) is 4.42. The van der Waals surface area contributed by atoms with E-state index in [1.165, 1.54) is 6.07 Å². The van der Waals surface area contributed by atoms with Crippen LogP contribution in [0.4, 0.5) is 4.39 Å². The van der Waals surface area contributed by atoms with Gasteiger partial charge in [-0.05, 0) is 13.1 Å². The standard InChI is InChI=1S/C14H15FN4/c1-17-6-5-13-9-19(10-18-13)8-12-4-2-3-11(7-16)14(12)15/h2-4,9-10,17H,5-6,8H2,1H3. The summed E-state index contributed by atoms with van der Waals surface area (Å²) in [4.78, 5) is 4.26. The molecule has 0 radical (unpaired) electrons. The lowest BCUT2D eigenvalue weighted by molar-refractivity contribution is 0.596.